The molecule has 6 heteroatoms. The maximum atomic E-state index is 11.7. The number of hydrogen-bond acceptors (Lipinski definition) is 4. The molecule has 0 saturated carbocycles. The molecule has 0 radical (unpaired) electrons. The third kappa shape index (κ3) is 3.13. The average molecular weight is 270 g/mol. The number of rotatable bonds is 4. The van der Waals surface area contributed by atoms with Gasteiger partial charge in [-0.25, -0.2) is 9.89 Å². The second-order valence-corrected chi connectivity index (χ2v) is 10.4. The molecular weight excluding hydrogens is 248 g/mol. The van der Waals surface area contributed by atoms with E-state index in [1.165, 1.54) is 6.20 Å². The summed E-state index contributed by atoms with van der Waals surface area (Å²) < 4.78 is 11.0. The van der Waals surface area contributed by atoms with Crippen molar-refractivity contribution in [3.63, 3.8) is 0 Å². The van der Waals surface area contributed by atoms with Gasteiger partial charge < -0.3 is 9.16 Å². The fourth-order valence-corrected chi connectivity index (χ4v) is 2.09. The molecule has 0 fully saturated rings. The van der Waals surface area contributed by atoms with Crippen LogP contribution < -0.4 is 4.43 Å². The summed E-state index contributed by atoms with van der Waals surface area (Å²) in [6, 6.07) is 0. The lowest BCUT2D eigenvalue weighted by atomic mass is 10.2. The van der Waals surface area contributed by atoms with Crippen molar-refractivity contribution >= 4 is 14.3 Å². The zero-order valence-corrected chi connectivity index (χ0v) is 13.0. The lowest BCUT2D eigenvalue weighted by molar-refractivity contribution is 0.0524. The molecule has 0 aliphatic carbocycles. The maximum absolute atomic E-state index is 11.7. The van der Waals surface area contributed by atoms with Gasteiger partial charge in [0.2, 0.25) is 5.88 Å². The minimum atomic E-state index is -1.99. The van der Waals surface area contributed by atoms with Crippen molar-refractivity contribution in [1.29, 1.82) is 0 Å². The smallest absolute Gasteiger partial charge is 0.345 e. The molecule has 0 bridgehead atoms. The summed E-state index contributed by atoms with van der Waals surface area (Å²) in [6.07, 6.45) is 1.44. The summed E-state index contributed by atoms with van der Waals surface area (Å²) in [4.78, 5) is 11.7. The van der Waals surface area contributed by atoms with Crippen LogP contribution in [0.4, 0.5) is 0 Å². The monoisotopic (exact) mass is 270 g/mol. The van der Waals surface area contributed by atoms with Gasteiger partial charge >= 0.3 is 5.97 Å². The molecule has 0 aliphatic rings. The number of carbonyl (C=O) groups excluding carboxylic acids is 1. The Morgan fingerprint density at radius 3 is 2.56 bits per heavy atom. The number of aromatic amines is 1. The van der Waals surface area contributed by atoms with Gasteiger partial charge in [-0.3, -0.25) is 0 Å². The molecule has 1 aromatic heterocycles. The maximum Gasteiger partial charge on any atom is 0.345 e. The summed E-state index contributed by atoms with van der Waals surface area (Å²) in [5.74, 6) is 0.0139. The Bertz CT molecular complexity index is 421. The van der Waals surface area contributed by atoms with Crippen LogP contribution in [0.15, 0.2) is 6.20 Å². The number of carbonyl (C=O) groups is 1. The van der Waals surface area contributed by atoms with E-state index in [1.807, 2.05) is 0 Å². The van der Waals surface area contributed by atoms with E-state index in [4.69, 9.17) is 9.16 Å². The highest BCUT2D eigenvalue weighted by Gasteiger charge is 2.40. The van der Waals surface area contributed by atoms with Gasteiger partial charge in [-0.2, -0.15) is 5.10 Å². The number of nitrogens with one attached hydrogen (secondary N) is 1. The van der Waals surface area contributed by atoms with Crippen molar-refractivity contribution in [3.05, 3.63) is 11.8 Å². The highest BCUT2D eigenvalue weighted by molar-refractivity contribution is 6.74. The van der Waals surface area contributed by atoms with Crippen LogP contribution in [-0.2, 0) is 4.74 Å². The van der Waals surface area contributed by atoms with E-state index in [-0.39, 0.29) is 5.04 Å². The second kappa shape index (κ2) is 5.13. The second-order valence-electron chi connectivity index (χ2n) is 5.70. The van der Waals surface area contributed by atoms with E-state index < -0.39 is 14.3 Å². The molecule has 0 amide bonds. The minimum absolute atomic E-state index is 0.0596. The zero-order chi connectivity index (χ0) is 14.0. The normalized spacial score (nSPS) is 12.3. The van der Waals surface area contributed by atoms with Crippen LogP contribution in [-0.4, -0.2) is 31.1 Å². The lowest BCUT2D eigenvalue weighted by Crippen LogP contribution is -2.44. The van der Waals surface area contributed by atoms with Gasteiger partial charge in [0, 0.05) is 0 Å². The van der Waals surface area contributed by atoms with Crippen molar-refractivity contribution < 1.29 is 14.0 Å². The number of hydrogen-bond donors (Lipinski definition) is 1. The van der Waals surface area contributed by atoms with E-state index >= 15 is 0 Å². The number of aromatic nitrogens is 2. The fraction of sp³-hybridized carbons (Fsp3) is 0.667. The minimum Gasteiger partial charge on any atom is -0.530 e. The molecule has 18 heavy (non-hydrogen) atoms. The van der Waals surface area contributed by atoms with Gasteiger partial charge in [0.1, 0.15) is 5.56 Å². The molecule has 0 spiro atoms. The van der Waals surface area contributed by atoms with Crippen LogP contribution in [0.5, 0.6) is 5.88 Å². The molecule has 0 saturated heterocycles. The Labute approximate surface area is 109 Å². The van der Waals surface area contributed by atoms with Gasteiger partial charge in [-0.05, 0) is 25.1 Å². The Kier molecular flexibility index (Phi) is 4.21. The van der Waals surface area contributed by atoms with E-state index in [0.717, 1.165) is 0 Å². The van der Waals surface area contributed by atoms with Crippen LogP contribution in [0.1, 0.15) is 38.1 Å². The molecule has 1 N–H and O–H groups in total. The first-order valence-corrected chi connectivity index (χ1v) is 8.99. The van der Waals surface area contributed by atoms with Gasteiger partial charge in [0.05, 0.1) is 12.8 Å². The Morgan fingerprint density at radius 2 is 2.06 bits per heavy atom. The molecule has 1 rings (SSSR count). The Hall–Kier alpha value is -1.30. The van der Waals surface area contributed by atoms with Crippen LogP contribution in [0, 0.1) is 0 Å². The first-order valence-electron chi connectivity index (χ1n) is 6.08. The quantitative estimate of drug-likeness (QED) is 0.675. The van der Waals surface area contributed by atoms with Crippen LogP contribution in [0.2, 0.25) is 18.1 Å². The topological polar surface area (TPSA) is 64.2 Å². The highest BCUT2D eigenvalue weighted by atomic mass is 28.4. The van der Waals surface area contributed by atoms with Gasteiger partial charge in [0.15, 0.2) is 0 Å². The predicted octanol–water partition coefficient (Wildman–Crippen LogP) is 2.97. The zero-order valence-electron chi connectivity index (χ0n) is 12.0. The standard InChI is InChI=1S/C12H22N2O3Si/c1-7-16-11(15)9-8-13-14-10(9)17-18(5,6)12(2,3)4/h8H,7H2,1-6H3,(H,13,14). The van der Waals surface area contributed by atoms with Crippen molar-refractivity contribution in [3.8, 4) is 5.88 Å². The number of esters is 1. The molecule has 0 aromatic carbocycles. The lowest BCUT2D eigenvalue weighted by Gasteiger charge is -2.35. The van der Waals surface area contributed by atoms with Crippen molar-refractivity contribution in [2.45, 2.75) is 45.8 Å². The fourth-order valence-electron chi connectivity index (χ4n) is 1.11. The van der Waals surface area contributed by atoms with Gasteiger partial charge in [-0.15, -0.1) is 0 Å². The van der Waals surface area contributed by atoms with Crippen LogP contribution in [0.3, 0.4) is 0 Å². The van der Waals surface area contributed by atoms with Crippen molar-refractivity contribution in [2.75, 3.05) is 6.61 Å². The number of H-pyrrole nitrogens is 1. The molecule has 0 atom stereocenters. The summed E-state index contributed by atoms with van der Waals surface area (Å²) in [6.45, 7) is 12.8. The first kappa shape index (κ1) is 14.8. The SMILES string of the molecule is CCOC(=O)c1cn[nH]c1O[Si](C)(C)C(C)(C)C. The molecular formula is C12H22N2O3Si. The molecule has 0 unspecified atom stereocenters. The summed E-state index contributed by atoms with van der Waals surface area (Å²) >= 11 is 0. The number of nitrogens with zero attached hydrogens (tertiary/aromatic N) is 1. The first-order chi connectivity index (χ1) is 8.19. The molecule has 0 aliphatic heterocycles. The van der Waals surface area contributed by atoms with Crippen molar-refractivity contribution in [2.24, 2.45) is 0 Å². The predicted molar refractivity (Wildman–Crippen MR) is 72.4 cm³/mol. The van der Waals surface area contributed by atoms with E-state index in [0.29, 0.717) is 18.1 Å². The number of ether oxygens (including phenoxy) is 1. The van der Waals surface area contributed by atoms with Gasteiger partial charge in [-0.1, -0.05) is 20.8 Å². The van der Waals surface area contributed by atoms with Crippen LogP contribution >= 0.6 is 0 Å². The molecule has 1 heterocycles. The van der Waals surface area contributed by atoms with E-state index in [1.54, 1.807) is 6.92 Å². The third-order valence-electron chi connectivity index (χ3n) is 3.26. The molecule has 102 valence electrons. The van der Waals surface area contributed by atoms with Gasteiger partial charge in [0.25, 0.3) is 8.32 Å². The Balaban J connectivity index is 2.93. The summed E-state index contributed by atoms with van der Waals surface area (Å²) in [5, 5.41) is 6.66. The molecule has 5 nitrogen and oxygen atoms in total. The third-order valence-corrected chi connectivity index (χ3v) is 7.59. The van der Waals surface area contributed by atoms with Crippen LogP contribution in [0.25, 0.3) is 0 Å². The molecule has 1 aromatic rings. The summed E-state index contributed by atoms with van der Waals surface area (Å²) in [5.41, 5.74) is 0.363. The Morgan fingerprint density at radius 1 is 1.44 bits per heavy atom. The summed E-state index contributed by atoms with van der Waals surface area (Å²) in [7, 11) is -1.99. The van der Waals surface area contributed by atoms with E-state index in [2.05, 4.69) is 44.1 Å². The van der Waals surface area contributed by atoms with Crippen molar-refractivity contribution in [1.82, 2.24) is 10.2 Å². The highest BCUT2D eigenvalue weighted by Crippen LogP contribution is 2.37. The largest absolute Gasteiger partial charge is 0.530 e. The van der Waals surface area contributed by atoms with E-state index in [9.17, 15) is 4.79 Å². The average Bonchev–Trinajstić information content (AvgIpc) is 2.63.